The molecule has 0 saturated carbocycles. The Labute approximate surface area is 139 Å². The third-order valence-electron chi connectivity index (χ3n) is 3.63. The lowest BCUT2D eigenvalue weighted by molar-refractivity contribution is 0.628. The molecule has 0 atom stereocenters. The van der Waals surface area contributed by atoms with Gasteiger partial charge in [0, 0.05) is 5.69 Å². The summed E-state index contributed by atoms with van der Waals surface area (Å²) >= 11 is 5.36. The standard InChI is InChI=1S/C17H17FN4S/c1-11-3-8-15(12(2)9-11)22-16(20-21-17(22)23)10-19-14-6-4-13(18)5-7-14/h3-9,19H,10H2,1-2H3,(H,21,23). The SMILES string of the molecule is Cc1ccc(-n2c(CNc3ccc(F)cc3)n[nH]c2=S)c(C)c1. The van der Waals surface area contributed by atoms with Gasteiger partial charge in [0.15, 0.2) is 10.6 Å². The van der Waals surface area contributed by atoms with Gasteiger partial charge in [0.25, 0.3) is 0 Å². The minimum absolute atomic E-state index is 0.256. The second-order valence-electron chi connectivity index (χ2n) is 5.43. The van der Waals surface area contributed by atoms with Crippen LogP contribution in [0.1, 0.15) is 17.0 Å². The number of aromatic amines is 1. The summed E-state index contributed by atoms with van der Waals surface area (Å²) in [4.78, 5) is 0. The molecule has 2 N–H and O–H groups in total. The van der Waals surface area contributed by atoms with Crippen LogP contribution in [-0.2, 0) is 6.54 Å². The average Bonchev–Trinajstić information content (AvgIpc) is 2.88. The fourth-order valence-electron chi connectivity index (χ4n) is 2.50. The Morgan fingerprint density at radius 2 is 1.91 bits per heavy atom. The highest BCUT2D eigenvalue weighted by Crippen LogP contribution is 2.18. The van der Waals surface area contributed by atoms with E-state index in [1.165, 1.54) is 17.7 Å². The molecule has 0 aliphatic carbocycles. The molecule has 0 aliphatic heterocycles. The van der Waals surface area contributed by atoms with E-state index in [0.29, 0.717) is 11.3 Å². The molecule has 6 heteroatoms. The molecule has 4 nitrogen and oxygen atoms in total. The summed E-state index contributed by atoms with van der Waals surface area (Å²) in [5.74, 6) is 0.514. The van der Waals surface area contributed by atoms with Gasteiger partial charge < -0.3 is 5.32 Å². The molecule has 2 aromatic carbocycles. The van der Waals surface area contributed by atoms with Crippen LogP contribution in [0.5, 0.6) is 0 Å². The number of hydrogen-bond donors (Lipinski definition) is 2. The van der Waals surface area contributed by atoms with Crippen LogP contribution in [0, 0.1) is 24.4 Å². The van der Waals surface area contributed by atoms with Crippen molar-refractivity contribution in [2.75, 3.05) is 5.32 Å². The Kier molecular flexibility index (Phi) is 4.25. The van der Waals surface area contributed by atoms with Crippen molar-refractivity contribution < 1.29 is 4.39 Å². The van der Waals surface area contributed by atoms with Gasteiger partial charge in [0.1, 0.15) is 5.82 Å². The van der Waals surface area contributed by atoms with E-state index in [-0.39, 0.29) is 5.82 Å². The van der Waals surface area contributed by atoms with Crippen molar-refractivity contribution in [3.05, 3.63) is 70.0 Å². The molecule has 118 valence electrons. The summed E-state index contributed by atoms with van der Waals surface area (Å²) in [6, 6.07) is 12.4. The maximum absolute atomic E-state index is 13.0. The number of rotatable bonds is 4. The van der Waals surface area contributed by atoms with E-state index in [2.05, 4.69) is 28.5 Å². The number of halogens is 1. The number of H-pyrrole nitrogens is 1. The lowest BCUT2D eigenvalue weighted by Crippen LogP contribution is -2.08. The van der Waals surface area contributed by atoms with E-state index in [9.17, 15) is 4.39 Å². The van der Waals surface area contributed by atoms with Gasteiger partial charge in [0.2, 0.25) is 0 Å². The van der Waals surface area contributed by atoms with Gasteiger partial charge in [-0.1, -0.05) is 17.7 Å². The molecule has 0 radical (unpaired) electrons. The van der Waals surface area contributed by atoms with Crippen molar-refractivity contribution in [3.8, 4) is 5.69 Å². The number of aromatic nitrogens is 3. The normalized spacial score (nSPS) is 10.7. The van der Waals surface area contributed by atoms with Gasteiger partial charge in [-0.2, -0.15) is 5.10 Å². The minimum Gasteiger partial charge on any atom is -0.378 e. The van der Waals surface area contributed by atoms with Crippen molar-refractivity contribution in [1.82, 2.24) is 14.8 Å². The Morgan fingerprint density at radius 1 is 1.17 bits per heavy atom. The Hall–Kier alpha value is -2.47. The van der Waals surface area contributed by atoms with Crippen molar-refractivity contribution >= 4 is 17.9 Å². The molecule has 3 aromatic rings. The zero-order chi connectivity index (χ0) is 16.4. The smallest absolute Gasteiger partial charge is 0.199 e. The quantitative estimate of drug-likeness (QED) is 0.702. The van der Waals surface area contributed by atoms with Gasteiger partial charge in [-0.25, -0.2) is 4.39 Å². The van der Waals surface area contributed by atoms with Gasteiger partial charge in [-0.3, -0.25) is 9.67 Å². The van der Waals surface area contributed by atoms with Crippen LogP contribution in [0.3, 0.4) is 0 Å². The largest absolute Gasteiger partial charge is 0.378 e. The first-order valence-corrected chi connectivity index (χ1v) is 7.69. The lowest BCUT2D eigenvalue weighted by Gasteiger charge is -2.12. The van der Waals surface area contributed by atoms with Gasteiger partial charge in [-0.15, -0.1) is 0 Å². The molecule has 0 amide bonds. The van der Waals surface area contributed by atoms with Crippen molar-refractivity contribution in [2.45, 2.75) is 20.4 Å². The molecule has 0 saturated heterocycles. The molecular formula is C17H17FN4S. The summed E-state index contributed by atoms with van der Waals surface area (Å²) in [5.41, 5.74) is 4.16. The second kappa shape index (κ2) is 6.34. The van der Waals surface area contributed by atoms with Crippen molar-refractivity contribution in [3.63, 3.8) is 0 Å². The third-order valence-corrected chi connectivity index (χ3v) is 3.90. The van der Waals surface area contributed by atoms with Crippen LogP contribution >= 0.6 is 12.2 Å². The fourth-order valence-corrected chi connectivity index (χ4v) is 2.75. The third kappa shape index (κ3) is 3.32. The van der Waals surface area contributed by atoms with Crippen LogP contribution < -0.4 is 5.32 Å². The van der Waals surface area contributed by atoms with Gasteiger partial charge in [0.05, 0.1) is 12.2 Å². The molecular weight excluding hydrogens is 311 g/mol. The van der Waals surface area contributed by atoms with E-state index >= 15 is 0 Å². The summed E-state index contributed by atoms with van der Waals surface area (Å²) in [6.07, 6.45) is 0. The molecule has 1 heterocycles. The van der Waals surface area contributed by atoms with E-state index in [0.717, 1.165) is 22.8 Å². The van der Waals surface area contributed by atoms with Crippen molar-refractivity contribution in [2.24, 2.45) is 0 Å². The Bertz CT molecular complexity index is 880. The molecule has 0 fully saturated rings. The van der Waals surface area contributed by atoms with E-state index in [1.807, 2.05) is 23.6 Å². The molecule has 0 aliphatic rings. The molecule has 23 heavy (non-hydrogen) atoms. The highest BCUT2D eigenvalue weighted by atomic mass is 32.1. The number of hydrogen-bond acceptors (Lipinski definition) is 3. The fraction of sp³-hybridized carbons (Fsp3) is 0.176. The van der Waals surface area contributed by atoms with Crippen LogP contribution in [0.25, 0.3) is 5.69 Å². The number of nitrogens with one attached hydrogen (secondary N) is 2. The lowest BCUT2D eigenvalue weighted by atomic mass is 10.1. The molecule has 0 unspecified atom stereocenters. The first kappa shape index (κ1) is 15.4. The first-order chi connectivity index (χ1) is 11.0. The van der Waals surface area contributed by atoms with Gasteiger partial charge >= 0.3 is 0 Å². The summed E-state index contributed by atoms with van der Waals surface area (Å²) in [5, 5.41) is 10.4. The summed E-state index contributed by atoms with van der Waals surface area (Å²) < 4.78 is 15.4. The number of anilines is 1. The zero-order valence-electron chi connectivity index (χ0n) is 12.9. The topological polar surface area (TPSA) is 45.6 Å². The van der Waals surface area contributed by atoms with Crippen LogP contribution in [-0.4, -0.2) is 14.8 Å². The van der Waals surface area contributed by atoms with Crippen LogP contribution in [0.4, 0.5) is 10.1 Å². The summed E-state index contributed by atoms with van der Waals surface area (Å²) in [7, 11) is 0. The van der Waals surface area contributed by atoms with Crippen LogP contribution in [0.15, 0.2) is 42.5 Å². The maximum atomic E-state index is 13.0. The van der Waals surface area contributed by atoms with E-state index in [1.54, 1.807) is 12.1 Å². The van der Waals surface area contributed by atoms with E-state index < -0.39 is 0 Å². The average molecular weight is 328 g/mol. The monoisotopic (exact) mass is 328 g/mol. The van der Waals surface area contributed by atoms with Crippen molar-refractivity contribution in [1.29, 1.82) is 0 Å². The first-order valence-electron chi connectivity index (χ1n) is 7.28. The highest BCUT2D eigenvalue weighted by Gasteiger charge is 2.10. The van der Waals surface area contributed by atoms with Gasteiger partial charge in [-0.05, 0) is 62.0 Å². The second-order valence-corrected chi connectivity index (χ2v) is 5.82. The minimum atomic E-state index is -0.256. The zero-order valence-corrected chi connectivity index (χ0v) is 13.7. The van der Waals surface area contributed by atoms with E-state index in [4.69, 9.17) is 12.2 Å². The Balaban J connectivity index is 1.89. The molecule has 0 bridgehead atoms. The highest BCUT2D eigenvalue weighted by molar-refractivity contribution is 7.71. The maximum Gasteiger partial charge on any atom is 0.199 e. The molecule has 0 spiro atoms. The summed E-state index contributed by atoms with van der Waals surface area (Å²) in [6.45, 7) is 4.59. The number of nitrogens with zero attached hydrogens (tertiary/aromatic N) is 2. The Morgan fingerprint density at radius 3 is 2.61 bits per heavy atom. The predicted octanol–water partition coefficient (Wildman–Crippen LogP) is 4.30. The molecule has 1 aromatic heterocycles. The molecule has 3 rings (SSSR count). The predicted molar refractivity (Wildman–Crippen MR) is 91.9 cm³/mol. The number of benzene rings is 2. The van der Waals surface area contributed by atoms with Crippen LogP contribution in [0.2, 0.25) is 0 Å². The number of aryl methyl sites for hydroxylation is 2.